The second kappa shape index (κ2) is 8.16. The molecule has 5 rings (SSSR count). The molecule has 4 unspecified atom stereocenters. The van der Waals surface area contributed by atoms with Crippen molar-refractivity contribution in [3.8, 4) is 17.2 Å². The average Bonchev–Trinajstić information content (AvgIpc) is 3.42. The fraction of sp³-hybridized carbons (Fsp3) is 0.400. The zero-order chi connectivity index (χ0) is 21.4. The molecule has 1 saturated heterocycles. The molecule has 3 N–H and O–H groups in total. The van der Waals surface area contributed by atoms with Crippen molar-refractivity contribution in [2.75, 3.05) is 5.32 Å². The Labute approximate surface area is 182 Å². The highest BCUT2D eigenvalue weighted by atomic mass is 16.2. The van der Waals surface area contributed by atoms with Crippen LogP contribution in [0.2, 0.25) is 0 Å². The van der Waals surface area contributed by atoms with Gasteiger partial charge in [0.05, 0.1) is 12.1 Å². The highest BCUT2D eigenvalue weighted by Crippen LogP contribution is 2.35. The summed E-state index contributed by atoms with van der Waals surface area (Å²) in [6.45, 7) is 0. The van der Waals surface area contributed by atoms with Gasteiger partial charge in [-0.15, -0.1) is 0 Å². The molecule has 3 aliphatic rings. The first-order valence-electron chi connectivity index (χ1n) is 11.1. The normalized spacial score (nSPS) is 24.7. The highest BCUT2D eigenvalue weighted by molar-refractivity contribution is 5.94. The van der Waals surface area contributed by atoms with E-state index >= 15 is 0 Å². The predicted molar refractivity (Wildman–Crippen MR) is 118 cm³/mol. The molecule has 0 radical (unpaired) electrons. The summed E-state index contributed by atoms with van der Waals surface area (Å²) in [7, 11) is 0. The molecule has 0 spiro atoms. The van der Waals surface area contributed by atoms with Gasteiger partial charge in [0, 0.05) is 24.6 Å². The Kier molecular flexibility index (Phi) is 5.21. The van der Waals surface area contributed by atoms with E-state index in [4.69, 9.17) is 0 Å². The quantitative estimate of drug-likeness (QED) is 0.701. The smallest absolute Gasteiger partial charge is 0.238 e. The minimum Gasteiger partial charge on any atom is -0.339 e. The molecule has 2 aliphatic heterocycles. The zero-order valence-corrected chi connectivity index (χ0v) is 17.4. The van der Waals surface area contributed by atoms with E-state index in [9.17, 15) is 14.9 Å². The molecule has 2 aromatic rings. The lowest BCUT2D eigenvalue weighted by atomic mass is 9.96. The van der Waals surface area contributed by atoms with Crippen molar-refractivity contribution in [2.45, 2.75) is 56.7 Å². The molecule has 2 aromatic carbocycles. The standard InChI is InChI=1S/C25H26N4O2/c26-14-21(28-25(31)24-19-7-9-20(12-19)27-24)11-15-1-3-16(4-2-15)18-6-5-17-8-10-23(30)29-22(17)13-18/h1-6,13,19-21,24,27H,7-12H2,(H,28,31)(H,29,30). The molecular weight excluding hydrogens is 388 g/mol. The van der Waals surface area contributed by atoms with E-state index in [1.807, 2.05) is 30.3 Å². The van der Waals surface area contributed by atoms with Crippen molar-refractivity contribution in [3.05, 3.63) is 53.6 Å². The molecule has 2 amide bonds. The Hall–Kier alpha value is -3.17. The van der Waals surface area contributed by atoms with Gasteiger partial charge in [-0.1, -0.05) is 36.4 Å². The number of aryl methyl sites for hydroxylation is 1. The molecule has 31 heavy (non-hydrogen) atoms. The molecule has 1 saturated carbocycles. The highest BCUT2D eigenvalue weighted by Gasteiger charge is 2.43. The molecule has 2 bridgehead atoms. The van der Waals surface area contributed by atoms with Crippen LogP contribution in [0.25, 0.3) is 11.1 Å². The molecule has 6 heteroatoms. The van der Waals surface area contributed by atoms with Crippen LogP contribution in [0.1, 0.15) is 36.8 Å². The van der Waals surface area contributed by atoms with Gasteiger partial charge in [0.25, 0.3) is 0 Å². The number of hydrogen-bond donors (Lipinski definition) is 3. The van der Waals surface area contributed by atoms with E-state index in [-0.39, 0.29) is 17.9 Å². The lowest BCUT2D eigenvalue weighted by Gasteiger charge is -2.23. The van der Waals surface area contributed by atoms with Crippen LogP contribution in [0.5, 0.6) is 0 Å². The van der Waals surface area contributed by atoms with Crippen LogP contribution in [0.3, 0.4) is 0 Å². The Bertz CT molecular complexity index is 1060. The number of piperidine rings is 1. The number of amides is 2. The number of fused-ring (bicyclic) bond motifs is 3. The van der Waals surface area contributed by atoms with E-state index in [2.05, 4.69) is 34.2 Å². The summed E-state index contributed by atoms with van der Waals surface area (Å²) < 4.78 is 0. The summed E-state index contributed by atoms with van der Waals surface area (Å²) in [6, 6.07) is 16.2. The van der Waals surface area contributed by atoms with Crippen LogP contribution in [0.15, 0.2) is 42.5 Å². The maximum atomic E-state index is 12.6. The first-order chi connectivity index (χ1) is 15.1. The third-order valence-electron chi connectivity index (χ3n) is 6.85. The monoisotopic (exact) mass is 414 g/mol. The van der Waals surface area contributed by atoms with Crippen LogP contribution >= 0.6 is 0 Å². The van der Waals surface area contributed by atoms with Gasteiger partial charge in [-0.3, -0.25) is 9.59 Å². The Morgan fingerprint density at radius 1 is 1.13 bits per heavy atom. The Morgan fingerprint density at radius 2 is 1.94 bits per heavy atom. The summed E-state index contributed by atoms with van der Waals surface area (Å²) in [4.78, 5) is 24.3. The van der Waals surface area contributed by atoms with Crippen molar-refractivity contribution < 1.29 is 9.59 Å². The SMILES string of the molecule is N#CC(Cc1ccc(-c2ccc3c(c2)NC(=O)CC3)cc1)NC(=O)C1NC2CCC1C2. The lowest BCUT2D eigenvalue weighted by molar-refractivity contribution is -0.124. The van der Waals surface area contributed by atoms with Crippen LogP contribution in [0, 0.1) is 17.2 Å². The number of benzene rings is 2. The van der Waals surface area contributed by atoms with E-state index in [0.29, 0.717) is 24.8 Å². The predicted octanol–water partition coefficient (Wildman–Crippen LogP) is 2.93. The molecule has 158 valence electrons. The number of nitriles is 1. The van der Waals surface area contributed by atoms with Crippen molar-refractivity contribution >= 4 is 17.5 Å². The van der Waals surface area contributed by atoms with Gasteiger partial charge in [-0.05, 0) is 59.9 Å². The van der Waals surface area contributed by atoms with E-state index in [0.717, 1.165) is 53.6 Å². The van der Waals surface area contributed by atoms with Gasteiger partial charge >= 0.3 is 0 Å². The molecule has 2 fully saturated rings. The molecule has 0 aromatic heterocycles. The number of nitrogens with zero attached hydrogens (tertiary/aromatic N) is 1. The first-order valence-corrected chi connectivity index (χ1v) is 11.1. The summed E-state index contributed by atoms with van der Waals surface area (Å²) in [5.74, 6) is 0.418. The zero-order valence-electron chi connectivity index (χ0n) is 17.4. The number of carbonyl (C=O) groups is 2. The van der Waals surface area contributed by atoms with Crippen LogP contribution in [-0.4, -0.2) is 29.9 Å². The molecule has 4 atom stereocenters. The minimum absolute atomic E-state index is 0.0496. The van der Waals surface area contributed by atoms with Crippen molar-refractivity contribution in [1.29, 1.82) is 5.26 Å². The van der Waals surface area contributed by atoms with Crippen LogP contribution in [-0.2, 0) is 22.4 Å². The summed E-state index contributed by atoms with van der Waals surface area (Å²) in [5, 5.41) is 18.8. The first kappa shape index (κ1) is 19.8. The topological polar surface area (TPSA) is 94.0 Å². The van der Waals surface area contributed by atoms with Crippen molar-refractivity contribution in [3.63, 3.8) is 0 Å². The van der Waals surface area contributed by atoms with Gasteiger partial charge in [0.2, 0.25) is 11.8 Å². The molecule has 1 aliphatic carbocycles. The molecule has 2 heterocycles. The fourth-order valence-electron chi connectivity index (χ4n) is 5.16. The van der Waals surface area contributed by atoms with Gasteiger partial charge < -0.3 is 16.0 Å². The Morgan fingerprint density at radius 3 is 2.65 bits per heavy atom. The third kappa shape index (κ3) is 4.06. The van der Waals surface area contributed by atoms with Crippen molar-refractivity contribution in [2.24, 2.45) is 5.92 Å². The van der Waals surface area contributed by atoms with Gasteiger partial charge in [-0.25, -0.2) is 0 Å². The summed E-state index contributed by atoms with van der Waals surface area (Å²) in [6.07, 6.45) is 5.11. The van der Waals surface area contributed by atoms with Crippen molar-refractivity contribution in [1.82, 2.24) is 10.6 Å². The minimum atomic E-state index is -0.543. The van der Waals surface area contributed by atoms with E-state index in [1.54, 1.807) is 0 Å². The van der Waals surface area contributed by atoms with Gasteiger partial charge in [0.15, 0.2) is 0 Å². The summed E-state index contributed by atoms with van der Waals surface area (Å²) >= 11 is 0. The second-order valence-electron chi connectivity index (χ2n) is 8.93. The number of anilines is 1. The number of nitrogens with one attached hydrogen (secondary N) is 3. The Balaban J connectivity index is 1.23. The van der Waals surface area contributed by atoms with Crippen LogP contribution < -0.4 is 16.0 Å². The van der Waals surface area contributed by atoms with E-state index < -0.39 is 6.04 Å². The van der Waals surface area contributed by atoms with Crippen LogP contribution in [0.4, 0.5) is 5.69 Å². The number of carbonyl (C=O) groups excluding carboxylic acids is 2. The molecular formula is C25H26N4O2. The number of hydrogen-bond acceptors (Lipinski definition) is 4. The molecule has 6 nitrogen and oxygen atoms in total. The lowest BCUT2D eigenvalue weighted by Crippen LogP contribution is -2.50. The van der Waals surface area contributed by atoms with Gasteiger partial charge in [0.1, 0.15) is 6.04 Å². The third-order valence-corrected chi connectivity index (χ3v) is 6.85. The maximum absolute atomic E-state index is 12.6. The fourth-order valence-corrected chi connectivity index (χ4v) is 5.16. The maximum Gasteiger partial charge on any atom is 0.238 e. The second-order valence-corrected chi connectivity index (χ2v) is 8.93. The summed E-state index contributed by atoms with van der Waals surface area (Å²) in [5.41, 5.74) is 5.15. The number of rotatable bonds is 5. The van der Waals surface area contributed by atoms with E-state index in [1.165, 1.54) is 0 Å². The van der Waals surface area contributed by atoms with Gasteiger partial charge in [-0.2, -0.15) is 5.26 Å². The average molecular weight is 415 g/mol. The largest absolute Gasteiger partial charge is 0.339 e.